The molecule has 0 atom stereocenters. The van der Waals surface area contributed by atoms with Crippen LogP contribution in [0.4, 0.5) is 0 Å². The maximum atomic E-state index is 11.4. The van der Waals surface area contributed by atoms with Crippen LogP contribution in [-0.2, 0) is 12.8 Å². The fraction of sp³-hybridized carbons (Fsp3) is 0.286. The molecule has 0 spiro atoms. The minimum absolute atomic E-state index is 0.285. The summed E-state index contributed by atoms with van der Waals surface area (Å²) in [5.41, 5.74) is 3.21. The molecule has 2 aromatic rings. The molecule has 1 aliphatic carbocycles. The highest BCUT2D eigenvalue weighted by Crippen LogP contribution is 2.28. The molecule has 0 unspecified atom stereocenters. The van der Waals surface area contributed by atoms with E-state index in [0.29, 0.717) is 10.2 Å². The zero-order valence-electron chi connectivity index (χ0n) is 10.3. The molecule has 0 saturated carbocycles. The van der Waals surface area contributed by atoms with E-state index >= 15 is 0 Å². The molecule has 1 heterocycles. The quantitative estimate of drug-likeness (QED) is 0.924. The van der Waals surface area contributed by atoms with Gasteiger partial charge in [-0.1, -0.05) is 6.07 Å². The van der Waals surface area contributed by atoms with Gasteiger partial charge in [-0.3, -0.25) is 0 Å². The van der Waals surface area contributed by atoms with Gasteiger partial charge < -0.3 is 9.67 Å². The summed E-state index contributed by atoms with van der Waals surface area (Å²) >= 11 is 3.31. The number of aromatic carboxylic acids is 1. The predicted molar refractivity (Wildman–Crippen MR) is 74.9 cm³/mol. The SMILES string of the molecule is O=C(O)c1c(Br)cccc1-n1cnc2c1CCCC2. The molecule has 3 rings (SSSR count). The van der Waals surface area contributed by atoms with Crippen molar-refractivity contribution >= 4 is 21.9 Å². The zero-order chi connectivity index (χ0) is 13.4. The van der Waals surface area contributed by atoms with Gasteiger partial charge in [0.25, 0.3) is 0 Å². The zero-order valence-corrected chi connectivity index (χ0v) is 11.9. The molecule has 0 radical (unpaired) electrons. The van der Waals surface area contributed by atoms with Crippen LogP contribution in [0, 0.1) is 0 Å². The van der Waals surface area contributed by atoms with E-state index in [4.69, 9.17) is 0 Å². The molecule has 19 heavy (non-hydrogen) atoms. The second-order valence-electron chi connectivity index (χ2n) is 4.65. The first-order valence-electron chi connectivity index (χ1n) is 6.26. The van der Waals surface area contributed by atoms with Gasteiger partial charge >= 0.3 is 5.97 Å². The number of hydrogen-bond acceptors (Lipinski definition) is 2. The number of rotatable bonds is 2. The Morgan fingerprint density at radius 2 is 2.11 bits per heavy atom. The highest BCUT2D eigenvalue weighted by atomic mass is 79.9. The van der Waals surface area contributed by atoms with Crippen LogP contribution < -0.4 is 0 Å². The fourth-order valence-electron chi connectivity index (χ4n) is 2.60. The lowest BCUT2D eigenvalue weighted by atomic mass is 10.0. The predicted octanol–water partition coefficient (Wildman–Crippen LogP) is 3.21. The van der Waals surface area contributed by atoms with Crippen molar-refractivity contribution in [2.45, 2.75) is 25.7 Å². The Balaban J connectivity index is 2.20. The molecule has 0 bridgehead atoms. The summed E-state index contributed by atoms with van der Waals surface area (Å²) in [4.78, 5) is 15.9. The van der Waals surface area contributed by atoms with E-state index in [2.05, 4.69) is 20.9 Å². The molecule has 0 amide bonds. The maximum Gasteiger partial charge on any atom is 0.338 e. The second-order valence-corrected chi connectivity index (χ2v) is 5.51. The first kappa shape index (κ1) is 12.4. The Morgan fingerprint density at radius 3 is 2.89 bits per heavy atom. The molecule has 1 N–H and O–H groups in total. The minimum Gasteiger partial charge on any atom is -0.478 e. The van der Waals surface area contributed by atoms with Crippen LogP contribution in [0.2, 0.25) is 0 Å². The summed E-state index contributed by atoms with van der Waals surface area (Å²) in [6.07, 6.45) is 5.98. The summed E-state index contributed by atoms with van der Waals surface area (Å²) in [5.74, 6) is -0.930. The monoisotopic (exact) mass is 320 g/mol. The number of aromatic nitrogens is 2. The minimum atomic E-state index is -0.930. The molecule has 1 aromatic carbocycles. The van der Waals surface area contributed by atoms with Crippen molar-refractivity contribution in [3.8, 4) is 5.69 Å². The number of carboxylic acid groups (broad SMARTS) is 1. The van der Waals surface area contributed by atoms with Gasteiger partial charge in [-0.25, -0.2) is 9.78 Å². The lowest BCUT2D eigenvalue weighted by molar-refractivity contribution is 0.0696. The molecular weight excluding hydrogens is 308 g/mol. The molecular formula is C14H13BrN2O2. The van der Waals surface area contributed by atoms with E-state index in [0.717, 1.165) is 37.1 Å². The number of carboxylic acids is 1. The lowest BCUT2D eigenvalue weighted by Gasteiger charge is -2.16. The summed E-state index contributed by atoms with van der Waals surface area (Å²) in [6, 6.07) is 5.42. The number of fused-ring (bicyclic) bond motifs is 1. The number of carbonyl (C=O) groups is 1. The molecule has 98 valence electrons. The molecule has 1 aromatic heterocycles. The Kier molecular flexibility index (Phi) is 3.14. The van der Waals surface area contributed by atoms with Gasteiger partial charge in [0.15, 0.2) is 0 Å². The first-order valence-corrected chi connectivity index (χ1v) is 7.05. The fourth-order valence-corrected chi connectivity index (χ4v) is 3.13. The highest BCUT2D eigenvalue weighted by Gasteiger charge is 2.21. The van der Waals surface area contributed by atoms with E-state index in [9.17, 15) is 9.90 Å². The maximum absolute atomic E-state index is 11.4. The largest absolute Gasteiger partial charge is 0.478 e. The van der Waals surface area contributed by atoms with E-state index in [-0.39, 0.29) is 5.56 Å². The summed E-state index contributed by atoms with van der Waals surface area (Å²) in [7, 11) is 0. The number of imidazole rings is 1. The van der Waals surface area contributed by atoms with E-state index in [1.807, 2.05) is 16.7 Å². The third-order valence-corrected chi connectivity index (χ3v) is 4.16. The third kappa shape index (κ3) is 2.08. The van der Waals surface area contributed by atoms with Crippen molar-refractivity contribution in [1.82, 2.24) is 9.55 Å². The summed E-state index contributed by atoms with van der Waals surface area (Å²) in [6.45, 7) is 0. The second kappa shape index (κ2) is 4.81. The summed E-state index contributed by atoms with van der Waals surface area (Å²) in [5, 5.41) is 9.39. The van der Waals surface area contributed by atoms with Gasteiger partial charge in [0.2, 0.25) is 0 Å². The van der Waals surface area contributed by atoms with Gasteiger partial charge in [0.1, 0.15) is 0 Å². The van der Waals surface area contributed by atoms with Gasteiger partial charge in [-0.2, -0.15) is 0 Å². The number of benzene rings is 1. The average Bonchev–Trinajstić information content (AvgIpc) is 2.81. The van der Waals surface area contributed by atoms with Crippen LogP contribution >= 0.6 is 15.9 Å². The Morgan fingerprint density at radius 1 is 1.32 bits per heavy atom. The van der Waals surface area contributed by atoms with Crippen molar-refractivity contribution in [2.24, 2.45) is 0 Å². The van der Waals surface area contributed by atoms with Crippen LogP contribution in [0.1, 0.15) is 34.6 Å². The first-order chi connectivity index (χ1) is 9.18. The molecule has 5 heteroatoms. The van der Waals surface area contributed by atoms with Crippen LogP contribution in [0.5, 0.6) is 0 Å². The molecule has 0 aliphatic heterocycles. The number of nitrogens with zero attached hydrogens (tertiary/aromatic N) is 2. The molecule has 4 nitrogen and oxygen atoms in total. The van der Waals surface area contributed by atoms with E-state index in [1.165, 1.54) is 0 Å². The van der Waals surface area contributed by atoms with Crippen molar-refractivity contribution < 1.29 is 9.90 Å². The van der Waals surface area contributed by atoms with Gasteiger partial charge in [-0.05, 0) is 53.7 Å². The van der Waals surface area contributed by atoms with Crippen LogP contribution in [0.3, 0.4) is 0 Å². The number of hydrogen-bond donors (Lipinski definition) is 1. The lowest BCUT2D eigenvalue weighted by Crippen LogP contribution is -2.11. The number of aryl methyl sites for hydroxylation is 1. The van der Waals surface area contributed by atoms with Crippen LogP contribution in [0.15, 0.2) is 29.0 Å². The van der Waals surface area contributed by atoms with Crippen molar-refractivity contribution in [1.29, 1.82) is 0 Å². The van der Waals surface area contributed by atoms with Gasteiger partial charge in [0.05, 0.1) is 23.3 Å². The third-order valence-electron chi connectivity index (χ3n) is 3.50. The standard InChI is InChI=1S/C14H13BrN2O2/c15-9-4-3-7-12(13(9)14(18)19)17-8-16-10-5-1-2-6-11(10)17/h3-4,7-8H,1-2,5-6H2,(H,18,19). The van der Waals surface area contributed by atoms with Crippen molar-refractivity contribution in [3.05, 3.63) is 46.0 Å². The Hall–Kier alpha value is -1.62. The Labute approximate surface area is 119 Å². The summed E-state index contributed by atoms with van der Waals surface area (Å²) < 4.78 is 2.51. The molecule has 0 fully saturated rings. The topological polar surface area (TPSA) is 55.1 Å². The normalized spacial score (nSPS) is 14.2. The van der Waals surface area contributed by atoms with Gasteiger partial charge in [-0.15, -0.1) is 0 Å². The molecule has 1 aliphatic rings. The van der Waals surface area contributed by atoms with Crippen LogP contribution in [-0.4, -0.2) is 20.6 Å². The van der Waals surface area contributed by atoms with E-state index in [1.54, 1.807) is 12.4 Å². The van der Waals surface area contributed by atoms with E-state index < -0.39 is 5.97 Å². The van der Waals surface area contributed by atoms with Crippen LogP contribution in [0.25, 0.3) is 5.69 Å². The molecule has 0 saturated heterocycles. The van der Waals surface area contributed by atoms with Crippen molar-refractivity contribution in [2.75, 3.05) is 0 Å². The van der Waals surface area contributed by atoms with Crippen molar-refractivity contribution in [3.63, 3.8) is 0 Å². The highest BCUT2D eigenvalue weighted by molar-refractivity contribution is 9.10. The van der Waals surface area contributed by atoms with Gasteiger partial charge in [0, 0.05) is 10.2 Å². The number of halogens is 1. The average molecular weight is 321 g/mol. The Bertz CT molecular complexity index is 649. The smallest absolute Gasteiger partial charge is 0.338 e.